The second-order valence-electron chi connectivity index (χ2n) is 2.91. The Balaban J connectivity index is 0.000000980. The van der Waals surface area contributed by atoms with E-state index in [1.807, 2.05) is 36.4 Å². The first kappa shape index (κ1) is 10.6. The quantitative estimate of drug-likeness (QED) is 0.700. The third-order valence-corrected chi connectivity index (χ3v) is 2.08. The molecule has 0 saturated heterocycles. The van der Waals surface area contributed by atoms with Gasteiger partial charge in [-0.05, 0) is 11.6 Å². The molecule has 0 fully saturated rings. The maximum Gasteiger partial charge on any atom is 0.319 e. The fraction of sp³-hybridized carbons (Fsp3) is 0.100. The predicted molar refractivity (Wildman–Crippen MR) is 59.7 cm³/mol. The molecule has 1 heterocycles. The molecule has 14 heavy (non-hydrogen) atoms. The number of rotatable bonds is 0. The molecule has 0 spiro atoms. The van der Waals surface area contributed by atoms with E-state index in [0.717, 1.165) is 11.3 Å². The Morgan fingerprint density at radius 1 is 1.36 bits per heavy atom. The van der Waals surface area contributed by atoms with Crippen molar-refractivity contribution < 1.29 is 4.79 Å². The molecule has 0 atom stereocenters. The molecule has 74 valence electrons. The van der Waals surface area contributed by atoms with Crippen LogP contribution >= 0.6 is 12.4 Å². The molecule has 0 unspecified atom stereocenters. The van der Waals surface area contributed by atoms with Crippen molar-refractivity contribution in [2.24, 2.45) is 5.73 Å². The Hall–Kier alpha value is -1.48. The van der Waals surface area contributed by atoms with Crippen LogP contribution in [0.25, 0.3) is 6.08 Å². The molecule has 0 aromatic heterocycles. The third kappa shape index (κ3) is 1.72. The van der Waals surface area contributed by atoms with Gasteiger partial charge in [-0.25, -0.2) is 4.79 Å². The lowest BCUT2D eigenvalue weighted by atomic mass is 10.1. The zero-order valence-corrected chi connectivity index (χ0v) is 8.33. The Morgan fingerprint density at radius 3 is 2.79 bits per heavy atom. The van der Waals surface area contributed by atoms with E-state index in [1.54, 1.807) is 4.90 Å². The van der Waals surface area contributed by atoms with Gasteiger partial charge in [0.05, 0.1) is 5.69 Å². The van der Waals surface area contributed by atoms with Gasteiger partial charge in [-0.15, -0.1) is 12.4 Å². The van der Waals surface area contributed by atoms with Crippen molar-refractivity contribution in [3.63, 3.8) is 0 Å². The van der Waals surface area contributed by atoms with Crippen molar-refractivity contribution in [2.75, 3.05) is 11.4 Å². The molecule has 0 saturated carbocycles. The molecule has 1 aliphatic rings. The minimum Gasteiger partial charge on any atom is -0.351 e. The lowest BCUT2D eigenvalue weighted by molar-refractivity contribution is 0.254. The van der Waals surface area contributed by atoms with Crippen molar-refractivity contribution in [1.82, 2.24) is 0 Å². The Labute approximate surface area is 88.6 Å². The van der Waals surface area contributed by atoms with Gasteiger partial charge in [0.25, 0.3) is 0 Å². The topological polar surface area (TPSA) is 46.3 Å². The van der Waals surface area contributed by atoms with Crippen molar-refractivity contribution in [1.29, 1.82) is 0 Å². The van der Waals surface area contributed by atoms with Crippen molar-refractivity contribution >= 4 is 30.2 Å². The van der Waals surface area contributed by atoms with Crippen molar-refractivity contribution in [2.45, 2.75) is 0 Å². The molecule has 1 aliphatic heterocycles. The van der Waals surface area contributed by atoms with E-state index in [2.05, 4.69) is 0 Å². The molecule has 2 rings (SSSR count). The number of anilines is 1. The zero-order valence-electron chi connectivity index (χ0n) is 7.51. The van der Waals surface area contributed by atoms with Gasteiger partial charge >= 0.3 is 6.03 Å². The van der Waals surface area contributed by atoms with E-state index in [1.165, 1.54) is 0 Å². The highest BCUT2D eigenvalue weighted by Crippen LogP contribution is 2.24. The number of hydrogen-bond acceptors (Lipinski definition) is 1. The summed E-state index contributed by atoms with van der Waals surface area (Å²) >= 11 is 0. The third-order valence-electron chi connectivity index (χ3n) is 2.08. The lowest BCUT2D eigenvalue weighted by Crippen LogP contribution is -2.37. The number of primary amides is 1. The lowest BCUT2D eigenvalue weighted by Gasteiger charge is -2.23. The number of nitrogens with zero attached hydrogens (tertiary/aromatic N) is 1. The minimum absolute atomic E-state index is 0. The maximum absolute atomic E-state index is 11.0. The summed E-state index contributed by atoms with van der Waals surface area (Å²) in [5.74, 6) is 0. The fourth-order valence-corrected chi connectivity index (χ4v) is 1.47. The molecule has 2 amide bonds. The molecular weight excluding hydrogens is 200 g/mol. The average molecular weight is 211 g/mol. The molecule has 3 nitrogen and oxygen atoms in total. The number of fused-ring (bicyclic) bond motifs is 1. The molecule has 2 N–H and O–H groups in total. The number of carbonyl (C=O) groups is 1. The summed E-state index contributed by atoms with van der Waals surface area (Å²) in [6.45, 7) is 0.562. The van der Waals surface area contributed by atoms with Gasteiger partial charge in [0.2, 0.25) is 0 Å². The molecule has 1 aromatic carbocycles. The number of para-hydroxylation sites is 1. The fourth-order valence-electron chi connectivity index (χ4n) is 1.47. The van der Waals surface area contributed by atoms with Crippen LogP contribution in [0, 0.1) is 0 Å². The summed E-state index contributed by atoms with van der Waals surface area (Å²) in [5, 5.41) is 0. The zero-order chi connectivity index (χ0) is 9.26. The molecule has 0 bridgehead atoms. The first-order chi connectivity index (χ1) is 6.29. The Morgan fingerprint density at radius 2 is 2.07 bits per heavy atom. The average Bonchev–Trinajstić information content (AvgIpc) is 2.17. The van der Waals surface area contributed by atoms with Crippen LogP contribution in [-0.4, -0.2) is 12.6 Å². The summed E-state index contributed by atoms with van der Waals surface area (Å²) in [6.07, 6.45) is 3.92. The molecular formula is C10H11ClN2O. The van der Waals surface area contributed by atoms with E-state index in [0.29, 0.717) is 6.54 Å². The van der Waals surface area contributed by atoms with Crippen LogP contribution < -0.4 is 10.6 Å². The molecule has 0 aliphatic carbocycles. The second kappa shape index (κ2) is 4.15. The Kier molecular flexibility index (Phi) is 3.14. The summed E-state index contributed by atoms with van der Waals surface area (Å²) in [5.41, 5.74) is 7.16. The first-order valence-corrected chi connectivity index (χ1v) is 4.11. The molecule has 0 radical (unpaired) electrons. The predicted octanol–water partition coefficient (Wildman–Crippen LogP) is 2.02. The second-order valence-corrected chi connectivity index (χ2v) is 2.91. The van der Waals surface area contributed by atoms with E-state index in [4.69, 9.17) is 5.73 Å². The SMILES string of the molecule is Cl.NC(=O)N1CC=Cc2ccccc21. The normalized spacial score (nSPS) is 13.0. The number of halogens is 1. The highest BCUT2D eigenvalue weighted by molar-refractivity contribution is 5.94. The minimum atomic E-state index is -0.406. The van der Waals surface area contributed by atoms with Crippen LogP contribution in [0.4, 0.5) is 10.5 Å². The van der Waals surface area contributed by atoms with Gasteiger partial charge in [0.1, 0.15) is 0 Å². The van der Waals surface area contributed by atoms with Crippen LogP contribution in [0.15, 0.2) is 30.3 Å². The number of carbonyl (C=O) groups excluding carboxylic acids is 1. The first-order valence-electron chi connectivity index (χ1n) is 4.11. The number of amides is 2. The van der Waals surface area contributed by atoms with E-state index >= 15 is 0 Å². The maximum atomic E-state index is 11.0. The number of nitrogens with two attached hydrogens (primary N) is 1. The van der Waals surface area contributed by atoms with Crippen LogP contribution in [0.3, 0.4) is 0 Å². The summed E-state index contributed by atoms with van der Waals surface area (Å²) in [4.78, 5) is 12.6. The summed E-state index contributed by atoms with van der Waals surface area (Å²) in [6, 6.07) is 7.28. The summed E-state index contributed by atoms with van der Waals surface area (Å²) < 4.78 is 0. The van der Waals surface area contributed by atoms with Crippen LogP contribution in [0.2, 0.25) is 0 Å². The highest BCUT2D eigenvalue weighted by atomic mass is 35.5. The van der Waals surface area contributed by atoms with Gasteiger partial charge in [-0.2, -0.15) is 0 Å². The van der Waals surface area contributed by atoms with Crippen LogP contribution in [0.1, 0.15) is 5.56 Å². The van der Waals surface area contributed by atoms with Crippen molar-refractivity contribution in [3.8, 4) is 0 Å². The monoisotopic (exact) mass is 210 g/mol. The van der Waals surface area contributed by atoms with Gasteiger partial charge in [-0.3, -0.25) is 4.90 Å². The van der Waals surface area contributed by atoms with Gasteiger partial charge in [0, 0.05) is 6.54 Å². The van der Waals surface area contributed by atoms with Gasteiger partial charge in [-0.1, -0.05) is 30.4 Å². The number of hydrogen-bond donors (Lipinski definition) is 1. The van der Waals surface area contributed by atoms with E-state index in [9.17, 15) is 4.79 Å². The molecule has 4 heteroatoms. The van der Waals surface area contributed by atoms with E-state index in [-0.39, 0.29) is 12.4 Å². The van der Waals surface area contributed by atoms with Crippen LogP contribution in [-0.2, 0) is 0 Å². The summed E-state index contributed by atoms with van der Waals surface area (Å²) in [7, 11) is 0. The Bertz CT molecular complexity index is 376. The number of benzene rings is 1. The smallest absolute Gasteiger partial charge is 0.319 e. The molecule has 1 aromatic rings. The standard InChI is InChI=1S/C10H10N2O.ClH/c11-10(13)12-7-3-5-8-4-1-2-6-9(8)12;/h1-6H,7H2,(H2,11,13);1H. The highest BCUT2D eigenvalue weighted by Gasteiger charge is 2.15. The van der Waals surface area contributed by atoms with E-state index < -0.39 is 6.03 Å². The van der Waals surface area contributed by atoms with Gasteiger partial charge < -0.3 is 5.73 Å². The number of urea groups is 1. The van der Waals surface area contributed by atoms with Crippen LogP contribution in [0.5, 0.6) is 0 Å². The van der Waals surface area contributed by atoms with Gasteiger partial charge in [0.15, 0.2) is 0 Å². The largest absolute Gasteiger partial charge is 0.351 e. The van der Waals surface area contributed by atoms with Crippen molar-refractivity contribution in [3.05, 3.63) is 35.9 Å².